The highest BCUT2D eigenvalue weighted by molar-refractivity contribution is 5.92. The molecule has 2 nitrogen and oxygen atoms in total. The van der Waals surface area contributed by atoms with Crippen molar-refractivity contribution >= 4 is 11.4 Å². The Labute approximate surface area is 159 Å². The first-order valence-corrected chi connectivity index (χ1v) is 11.6. The summed E-state index contributed by atoms with van der Waals surface area (Å²) in [6.07, 6.45) is 17.6. The van der Waals surface area contributed by atoms with Gasteiger partial charge in [0.2, 0.25) is 0 Å². The van der Waals surface area contributed by atoms with Crippen molar-refractivity contribution < 1.29 is 0 Å². The fourth-order valence-electron chi connectivity index (χ4n) is 9.47. The summed E-state index contributed by atoms with van der Waals surface area (Å²) >= 11 is 0. The monoisotopic (exact) mass is 352 g/mol. The lowest BCUT2D eigenvalue weighted by Crippen LogP contribution is -2.50. The third kappa shape index (κ3) is 2.35. The highest BCUT2D eigenvalue weighted by Crippen LogP contribution is 2.62. The highest BCUT2D eigenvalue weighted by Gasteiger charge is 2.53. The van der Waals surface area contributed by atoms with E-state index in [4.69, 9.17) is 10.2 Å². The van der Waals surface area contributed by atoms with Gasteiger partial charge in [-0.3, -0.25) is 0 Å². The fourth-order valence-corrected chi connectivity index (χ4v) is 9.47. The van der Waals surface area contributed by atoms with Crippen LogP contribution in [-0.4, -0.2) is 11.4 Å². The van der Waals surface area contributed by atoms with Crippen LogP contribution in [0.25, 0.3) is 0 Å². The minimum Gasteiger partial charge on any atom is -0.160 e. The van der Waals surface area contributed by atoms with Crippen LogP contribution >= 0.6 is 0 Å². The molecule has 0 amide bonds. The molecule has 26 heavy (non-hydrogen) atoms. The quantitative estimate of drug-likeness (QED) is 0.423. The molecule has 0 aromatic rings. The maximum atomic E-state index is 4.98. The molecule has 8 aliphatic rings. The van der Waals surface area contributed by atoms with E-state index in [-0.39, 0.29) is 0 Å². The van der Waals surface area contributed by atoms with E-state index in [2.05, 4.69) is 13.8 Å². The summed E-state index contributed by atoms with van der Waals surface area (Å²) in [5.41, 5.74) is 3.64. The number of hydrogen-bond donors (Lipinski definition) is 0. The van der Waals surface area contributed by atoms with Crippen LogP contribution < -0.4 is 0 Å². The number of hydrogen-bond acceptors (Lipinski definition) is 2. The molecule has 0 atom stereocenters. The van der Waals surface area contributed by atoms with Gasteiger partial charge >= 0.3 is 0 Å². The normalized spacial score (nSPS) is 55.0. The Balaban J connectivity index is 1.26. The molecule has 0 aromatic heterocycles. The Morgan fingerprint density at radius 3 is 0.962 bits per heavy atom. The lowest BCUT2D eigenvalue weighted by molar-refractivity contribution is -0.0136. The van der Waals surface area contributed by atoms with Crippen molar-refractivity contribution in [3.63, 3.8) is 0 Å². The lowest BCUT2D eigenvalue weighted by atomic mass is 9.48. The molecule has 8 rings (SSSR count). The van der Waals surface area contributed by atoms with Crippen LogP contribution in [0, 0.1) is 46.3 Å². The van der Waals surface area contributed by atoms with Crippen LogP contribution in [0.1, 0.15) is 90.9 Å². The summed E-state index contributed by atoms with van der Waals surface area (Å²) in [5.74, 6) is 6.00. The molecule has 2 heteroatoms. The molecule has 0 aliphatic heterocycles. The van der Waals surface area contributed by atoms with Crippen LogP contribution in [0.3, 0.4) is 0 Å². The first kappa shape index (κ1) is 16.3. The van der Waals surface area contributed by atoms with Crippen molar-refractivity contribution in [3.05, 3.63) is 0 Å². The molecule has 0 N–H and O–H groups in total. The molecule has 8 bridgehead atoms. The molecule has 142 valence electrons. The van der Waals surface area contributed by atoms with Crippen molar-refractivity contribution in [2.75, 3.05) is 0 Å². The van der Waals surface area contributed by atoms with E-state index >= 15 is 0 Å². The molecule has 8 fully saturated rings. The van der Waals surface area contributed by atoms with E-state index in [0.29, 0.717) is 10.8 Å². The zero-order chi connectivity index (χ0) is 17.5. The van der Waals surface area contributed by atoms with Crippen LogP contribution in [0.4, 0.5) is 0 Å². The molecule has 8 aliphatic carbocycles. The predicted molar refractivity (Wildman–Crippen MR) is 107 cm³/mol. The van der Waals surface area contributed by atoms with Crippen molar-refractivity contribution in [2.24, 2.45) is 56.5 Å². The molecule has 0 unspecified atom stereocenters. The van der Waals surface area contributed by atoms with Gasteiger partial charge in [-0.2, -0.15) is 10.2 Å². The minimum atomic E-state index is 0.431. The van der Waals surface area contributed by atoms with E-state index in [1.807, 2.05) is 0 Å². The summed E-state index contributed by atoms with van der Waals surface area (Å²) in [6.45, 7) is 4.65. The molecule has 0 aromatic carbocycles. The largest absolute Gasteiger partial charge is 0.160 e. The average Bonchev–Trinajstić information content (AvgIpc) is 2.57. The minimum absolute atomic E-state index is 0.431. The van der Waals surface area contributed by atoms with Gasteiger partial charge in [-0.1, -0.05) is 0 Å². The SMILES string of the molecule is C/C(=N\N=C(/C)C12CC3CC(CC(C3)C1)C2)C12CC3CC(CC(C3)C1)C2. The second kappa shape index (κ2) is 5.45. The van der Waals surface area contributed by atoms with Gasteiger partial charge in [0.25, 0.3) is 0 Å². The molecule has 0 saturated heterocycles. The van der Waals surface area contributed by atoms with Gasteiger partial charge in [-0.15, -0.1) is 0 Å². The van der Waals surface area contributed by atoms with Crippen LogP contribution in [0.2, 0.25) is 0 Å². The van der Waals surface area contributed by atoms with E-state index in [1.54, 1.807) is 0 Å². The Morgan fingerprint density at radius 2 is 0.731 bits per heavy atom. The van der Waals surface area contributed by atoms with Gasteiger partial charge in [0.15, 0.2) is 0 Å². The molecular weight excluding hydrogens is 316 g/mol. The van der Waals surface area contributed by atoms with Crippen LogP contribution in [0.15, 0.2) is 10.2 Å². The van der Waals surface area contributed by atoms with E-state index < -0.39 is 0 Å². The Kier molecular flexibility index (Phi) is 3.42. The second-order valence-corrected chi connectivity index (χ2v) is 11.8. The van der Waals surface area contributed by atoms with Crippen LogP contribution in [-0.2, 0) is 0 Å². The molecule has 0 heterocycles. The van der Waals surface area contributed by atoms with Crippen molar-refractivity contribution in [1.29, 1.82) is 0 Å². The zero-order valence-corrected chi connectivity index (χ0v) is 16.8. The van der Waals surface area contributed by atoms with Gasteiger partial charge < -0.3 is 0 Å². The summed E-state index contributed by atoms with van der Waals surface area (Å²) in [4.78, 5) is 0. The highest BCUT2D eigenvalue weighted by atomic mass is 15.2. The van der Waals surface area contributed by atoms with Gasteiger partial charge in [0.1, 0.15) is 0 Å². The third-order valence-corrected chi connectivity index (χ3v) is 9.96. The zero-order valence-electron chi connectivity index (χ0n) is 16.8. The topological polar surface area (TPSA) is 24.7 Å². The molecule has 0 spiro atoms. The second-order valence-electron chi connectivity index (χ2n) is 11.8. The van der Waals surface area contributed by atoms with Gasteiger partial charge in [-0.25, -0.2) is 0 Å². The molecule has 8 saturated carbocycles. The summed E-state index contributed by atoms with van der Waals surface area (Å²) < 4.78 is 0. The van der Waals surface area contributed by atoms with Crippen LogP contribution in [0.5, 0.6) is 0 Å². The van der Waals surface area contributed by atoms with E-state index in [0.717, 1.165) is 35.5 Å². The summed E-state index contributed by atoms with van der Waals surface area (Å²) in [7, 11) is 0. The third-order valence-electron chi connectivity index (χ3n) is 9.96. The smallest absolute Gasteiger partial charge is 0.0436 e. The Morgan fingerprint density at radius 1 is 0.500 bits per heavy atom. The number of rotatable bonds is 3. The predicted octanol–water partition coefficient (Wildman–Crippen LogP) is 6.26. The number of nitrogens with zero attached hydrogens (tertiary/aromatic N) is 2. The average molecular weight is 353 g/mol. The molecule has 0 radical (unpaired) electrons. The van der Waals surface area contributed by atoms with Gasteiger partial charge in [0, 0.05) is 22.3 Å². The van der Waals surface area contributed by atoms with Crippen molar-refractivity contribution in [3.8, 4) is 0 Å². The Hall–Kier alpha value is -0.660. The first-order valence-electron chi connectivity index (χ1n) is 11.6. The fraction of sp³-hybridized carbons (Fsp3) is 0.917. The maximum Gasteiger partial charge on any atom is 0.0436 e. The van der Waals surface area contributed by atoms with E-state index in [9.17, 15) is 0 Å². The Bertz CT molecular complexity index is 541. The van der Waals surface area contributed by atoms with Crippen molar-refractivity contribution in [1.82, 2.24) is 0 Å². The van der Waals surface area contributed by atoms with Gasteiger partial charge in [0.05, 0.1) is 0 Å². The summed E-state index contributed by atoms with van der Waals surface area (Å²) in [5, 5.41) is 9.95. The van der Waals surface area contributed by atoms with E-state index in [1.165, 1.54) is 88.5 Å². The van der Waals surface area contributed by atoms with Crippen molar-refractivity contribution in [2.45, 2.75) is 90.9 Å². The van der Waals surface area contributed by atoms with Gasteiger partial charge in [-0.05, 0) is 126 Å². The molecular formula is C24H36N2. The first-order chi connectivity index (χ1) is 12.5. The standard InChI is InChI=1S/C24H36N2/c1-15(23-9-17-3-18(10-23)5-19(4-17)11-23)25-26-16(2)24-12-20-6-21(13-24)8-22(7-20)14-24/h17-22H,3-14H2,1-2H3/b25-15+,26-16+. The maximum absolute atomic E-state index is 4.98. The lowest BCUT2D eigenvalue weighted by Gasteiger charge is -2.57. The summed E-state index contributed by atoms with van der Waals surface area (Å²) in [6, 6.07) is 0.